The quantitative estimate of drug-likeness (QED) is 0.323. The zero-order chi connectivity index (χ0) is 18.2. The molecule has 0 saturated heterocycles. The van der Waals surface area contributed by atoms with E-state index in [1.54, 1.807) is 25.4 Å². The molecule has 0 aliphatic rings. The van der Waals surface area contributed by atoms with E-state index in [-0.39, 0.29) is 29.8 Å². The third-order valence-corrected chi connectivity index (χ3v) is 4.00. The van der Waals surface area contributed by atoms with Crippen LogP contribution in [0, 0.1) is 5.82 Å². The van der Waals surface area contributed by atoms with Gasteiger partial charge in [-0.25, -0.2) is 9.37 Å². The second-order valence-electron chi connectivity index (χ2n) is 5.96. The predicted molar refractivity (Wildman–Crippen MR) is 117 cm³/mol. The van der Waals surface area contributed by atoms with Gasteiger partial charge < -0.3 is 15.2 Å². The molecular weight excluding hydrogens is 456 g/mol. The third kappa shape index (κ3) is 6.67. The second-order valence-corrected chi connectivity index (χ2v) is 5.96. The molecule has 0 amide bonds. The van der Waals surface area contributed by atoms with Gasteiger partial charge >= 0.3 is 0 Å². The number of guanidine groups is 1. The number of hydrogen-bond donors (Lipinski definition) is 2. The molecule has 3 rings (SSSR count). The van der Waals surface area contributed by atoms with Crippen LogP contribution in [-0.2, 0) is 19.6 Å². The minimum atomic E-state index is -0.229. The van der Waals surface area contributed by atoms with Crippen LogP contribution in [0.4, 0.5) is 4.39 Å². The monoisotopic (exact) mass is 479 g/mol. The fourth-order valence-electron chi connectivity index (χ4n) is 2.55. The van der Waals surface area contributed by atoms with Crippen molar-refractivity contribution in [2.75, 3.05) is 7.05 Å². The van der Waals surface area contributed by atoms with Gasteiger partial charge in [0.2, 0.25) is 0 Å². The van der Waals surface area contributed by atoms with Crippen LogP contribution in [0.5, 0.6) is 0 Å². The van der Waals surface area contributed by atoms with E-state index in [9.17, 15) is 4.39 Å². The molecule has 0 radical (unpaired) electrons. The average molecular weight is 479 g/mol. The number of hydrogen-bond acceptors (Lipinski definition) is 2. The van der Waals surface area contributed by atoms with E-state index in [0.717, 1.165) is 12.1 Å². The first-order chi connectivity index (χ1) is 12.7. The topological polar surface area (TPSA) is 54.2 Å². The summed E-state index contributed by atoms with van der Waals surface area (Å²) in [7, 11) is 1.73. The van der Waals surface area contributed by atoms with Gasteiger partial charge in [-0.2, -0.15) is 0 Å². The first-order valence-electron chi connectivity index (χ1n) is 8.45. The Hall–Kier alpha value is -2.42. The van der Waals surface area contributed by atoms with E-state index in [4.69, 9.17) is 0 Å². The lowest BCUT2D eigenvalue weighted by Crippen LogP contribution is -2.36. The summed E-state index contributed by atoms with van der Waals surface area (Å²) in [5.41, 5.74) is 3.40. The van der Waals surface area contributed by atoms with Crippen LogP contribution in [0.3, 0.4) is 0 Å². The third-order valence-electron chi connectivity index (χ3n) is 4.00. The first-order valence-corrected chi connectivity index (χ1v) is 8.45. The number of nitrogens with zero attached hydrogens (tertiary/aromatic N) is 3. The number of halogens is 2. The molecule has 0 spiro atoms. The summed E-state index contributed by atoms with van der Waals surface area (Å²) in [6, 6.07) is 14.9. The van der Waals surface area contributed by atoms with Crippen LogP contribution in [0.15, 0.2) is 72.2 Å². The normalized spacial score (nSPS) is 11.0. The highest BCUT2D eigenvalue weighted by Gasteiger charge is 2.01. The number of nitrogens with one attached hydrogen (secondary N) is 2. The van der Waals surface area contributed by atoms with Crippen LogP contribution in [0.2, 0.25) is 0 Å². The van der Waals surface area contributed by atoms with Gasteiger partial charge in [0.15, 0.2) is 5.96 Å². The molecule has 0 aliphatic heterocycles. The molecule has 0 unspecified atom stereocenters. The lowest BCUT2D eigenvalue weighted by molar-refractivity contribution is 0.626. The maximum atomic E-state index is 12.9. The molecule has 0 atom stereocenters. The molecule has 142 valence electrons. The summed E-state index contributed by atoms with van der Waals surface area (Å²) >= 11 is 0. The van der Waals surface area contributed by atoms with E-state index in [2.05, 4.69) is 44.9 Å². The molecule has 7 heteroatoms. The minimum absolute atomic E-state index is 0. The van der Waals surface area contributed by atoms with Crippen LogP contribution < -0.4 is 10.6 Å². The van der Waals surface area contributed by atoms with Gasteiger partial charge in [0, 0.05) is 39.1 Å². The fourth-order valence-corrected chi connectivity index (χ4v) is 2.55. The molecule has 1 aromatic heterocycles. The highest BCUT2D eigenvalue weighted by molar-refractivity contribution is 14.0. The Balaban J connectivity index is 0.00000261. The van der Waals surface area contributed by atoms with Crippen molar-refractivity contribution in [2.45, 2.75) is 19.6 Å². The van der Waals surface area contributed by atoms with E-state index in [1.165, 1.54) is 23.3 Å². The fraction of sp³-hybridized carbons (Fsp3) is 0.200. The summed E-state index contributed by atoms with van der Waals surface area (Å²) in [4.78, 5) is 8.27. The summed E-state index contributed by atoms with van der Waals surface area (Å²) in [5, 5.41) is 6.50. The minimum Gasteiger partial charge on any atom is -0.352 e. The van der Waals surface area contributed by atoms with E-state index in [0.29, 0.717) is 19.0 Å². The molecule has 1 heterocycles. The maximum Gasteiger partial charge on any atom is 0.191 e. The first kappa shape index (κ1) is 20.9. The van der Waals surface area contributed by atoms with Crippen molar-refractivity contribution in [3.05, 3.63) is 89.8 Å². The molecule has 5 nitrogen and oxygen atoms in total. The molecule has 0 aliphatic carbocycles. The van der Waals surface area contributed by atoms with Crippen molar-refractivity contribution in [3.8, 4) is 0 Å². The Morgan fingerprint density at radius 1 is 0.963 bits per heavy atom. The van der Waals surface area contributed by atoms with Gasteiger partial charge in [0.25, 0.3) is 0 Å². The van der Waals surface area contributed by atoms with Crippen LogP contribution >= 0.6 is 24.0 Å². The molecule has 0 bridgehead atoms. The summed E-state index contributed by atoms with van der Waals surface area (Å²) < 4.78 is 15.0. The zero-order valence-corrected chi connectivity index (χ0v) is 17.4. The van der Waals surface area contributed by atoms with E-state index < -0.39 is 0 Å². The number of aliphatic imine (C=N–C) groups is 1. The maximum absolute atomic E-state index is 12.9. The number of imidazole rings is 1. The van der Waals surface area contributed by atoms with Gasteiger partial charge in [0.1, 0.15) is 5.82 Å². The van der Waals surface area contributed by atoms with Crippen molar-refractivity contribution in [3.63, 3.8) is 0 Å². The predicted octanol–water partition coefficient (Wildman–Crippen LogP) is 3.55. The number of aromatic nitrogens is 2. The van der Waals surface area contributed by atoms with Crippen molar-refractivity contribution >= 4 is 29.9 Å². The molecule has 2 aromatic carbocycles. The van der Waals surface area contributed by atoms with Crippen molar-refractivity contribution in [2.24, 2.45) is 4.99 Å². The summed E-state index contributed by atoms with van der Waals surface area (Å²) in [6.45, 7) is 2.08. The van der Waals surface area contributed by atoms with Gasteiger partial charge in [-0.15, -0.1) is 24.0 Å². The smallest absolute Gasteiger partial charge is 0.191 e. The largest absolute Gasteiger partial charge is 0.352 e. The molecule has 27 heavy (non-hydrogen) atoms. The van der Waals surface area contributed by atoms with E-state index >= 15 is 0 Å². The highest BCUT2D eigenvalue weighted by atomic mass is 127. The Labute approximate surface area is 175 Å². The molecule has 2 N–H and O–H groups in total. The Morgan fingerprint density at radius 3 is 2.04 bits per heavy atom. The Morgan fingerprint density at radius 2 is 1.52 bits per heavy atom. The SMILES string of the molecule is CN=C(NCc1ccc(F)cc1)NCc1ccc(Cn2ccnc2)cc1.I. The van der Waals surface area contributed by atoms with Crippen molar-refractivity contribution in [1.29, 1.82) is 0 Å². The Kier molecular flexibility index (Phi) is 8.25. The van der Waals surface area contributed by atoms with Gasteiger partial charge in [-0.1, -0.05) is 36.4 Å². The van der Waals surface area contributed by atoms with E-state index in [1.807, 2.05) is 17.1 Å². The number of benzene rings is 2. The average Bonchev–Trinajstić information content (AvgIpc) is 3.17. The summed E-state index contributed by atoms with van der Waals surface area (Å²) in [6.07, 6.45) is 5.54. The zero-order valence-electron chi connectivity index (χ0n) is 15.1. The van der Waals surface area contributed by atoms with Gasteiger partial charge in [0.05, 0.1) is 6.33 Å². The summed E-state index contributed by atoms with van der Waals surface area (Å²) in [5.74, 6) is 0.476. The highest BCUT2D eigenvalue weighted by Crippen LogP contribution is 2.06. The lowest BCUT2D eigenvalue weighted by Gasteiger charge is -2.12. The lowest BCUT2D eigenvalue weighted by atomic mass is 10.1. The van der Waals surface area contributed by atoms with Crippen LogP contribution in [0.25, 0.3) is 0 Å². The molecular formula is C20H23FIN5. The molecule has 0 fully saturated rings. The van der Waals surface area contributed by atoms with Gasteiger partial charge in [-0.05, 0) is 28.8 Å². The molecule has 0 saturated carbocycles. The van der Waals surface area contributed by atoms with Gasteiger partial charge in [-0.3, -0.25) is 4.99 Å². The molecule has 3 aromatic rings. The standard InChI is InChI=1S/C20H22FN5.HI/c1-22-20(25-13-17-6-8-19(21)9-7-17)24-12-16-2-4-18(5-3-16)14-26-11-10-23-15-26;/h2-11,15H,12-14H2,1H3,(H2,22,24,25);1H. The van der Waals surface area contributed by atoms with Crippen LogP contribution in [-0.4, -0.2) is 22.6 Å². The second kappa shape index (κ2) is 10.7. The van der Waals surface area contributed by atoms with Crippen LogP contribution in [0.1, 0.15) is 16.7 Å². The number of rotatable bonds is 6. The Bertz CT molecular complexity index is 830. The van der Waals surface area contributed by atoms with Crippen molar-refractivity contribution in [1.82, 2.24) is 20.2 Å². The van der Waals surface area contributed by atoms with Crippen molar-refractivity contribution < 1.29 is 4.39 Å².